The molecule has 0 aliphatic carbocycles. The van der Waals surface area contributed by atoms with Crippen LogP contribution in [0.1, 0.15) is 31.3 Å². The maximum atomic E-state index is 6.05. The maximum absolute atomic E-state index is 6.05. The summed E-state index contributed by atoms with van der Waals surface area (Å²) in [5.41, 5.74) is 7.83. The molecule has 0 atom stereocenters. The molecule has 0 aliphatic heterocycles. The van der Waals surface area contributed by atoms with E-state index in [2.05, 4.69) is 20.8 Å². The molecule has 0 fully saturated rings. The highest BCUT2D eigenvalue weighted by Gasteiger charge is 2.23. The quantitative estimate of drug-likeness (QED) is 0.858. The van der Waals surface area contributed by atoms with Crippen LogP contribution in [0.2, 0.25) is 10.0 Å². The molecule has 102 valence electrons. The van der Waals surface area contributed by atoms with Gasteiger partial charge in [0, 0.05) is 22.4 Å². The lowest BCUT2D eigenvalue weighted by molar-refractivity contribution is 0.567. The summed E-state index contributed by atoms with van der Waals surface area (Å²) in [6.45, 7) is 6.92. The van der Waals surface area contributed by atoms with E-state index in [1.54, 1.807) is 17.4 Å². The monoisotopic (exact) mass is 314 g/mol. The highest BCUT2D eigenvalue weighted by Crippen LogP contribution is 2.36. The molecule has 1 heterocycles. The normalized spacial score (nSPS) is 11.9. The summed E-state index contributed by atoms with van der Waals surface area (Å²) in [5.74, 6) is 0. The average Bonchev–Trinajstić information content (AvgIpc) is 2.76. The minimum absolute atomic E-state index is 0.0142. The summed E-state index contributed by atoms with van der Waals surface area (Å²) >= 11 is 13.6. The number of hydrogen-bond donors (Lipinski definition) is 1. The summed E-state index contributed by atoms with van der Waals surface area (Å²) in [6, 6.07) is 5.56. The Labute approximate surface area is 127 Å². The van der Waals surface area contributed by atoms with Crippen molar-refractivity contribution in [2.45, 2.75) is 32.7 Å². The second kappa shape index (κ2) is 5.41. The fraction of sp³-hybridized carbons (Fsp3) is 0.357. The van der Waals surface area contributed by atoms with Crippen molar-refractivity contribution in [3.05, 3.63) is 38.8 Å². The first-order valence-corrected chi connectivity index (χ1v) is 7.56. The van der Waals surface area contributed by atoms with Crippen LogP contribution in [0, 0.1) is 0 Å². The topological polar surface area (TPSA) is 38.9 Å². The van der Waals surface area contributed by atoms with Gasteiger partial charge in [-0.1, -0.05) is 50.0 Å². The zero-order chi connectivity index (χ0) is 14.2. The number of aromatic nitrogens is 1. The Balaban J connectivity index is 2.51. The van der Waals surface area contributed by atoms with Crippen LogP contribution < -0.4 is 5.73 Å². The predicted octanol–water partition coefficient (Wildman–Crippen LogP) is 4.87. The van der Waals surface area contributed by atoms with Gasteiger partial charge in [-0.25, -0.2) is 4.98 Å². The van der Waals surface area contributed by atoms with Crippen LogP contribution in [0.5, 0.6) is 0 Å². The molecule has 0 radical (unpaired) electrons. The minimum Gasteiger partial charge on any atom is -0.326 e. The van der Waals surface area contributed by atoms with Gasteiger partial charge in [-0.05, 0) is 12.1 Å². The Morgan fingerprint density at radius 3 is 2.37 bits per heavy atom. The molecule has 19 heavy (non-hydrogen) atoms. The zero-order valence-corrected chi connectivity index (χ0v) is 13.5. The Bertz CT molecular complexity index is 600. The highest BCUT2D eigenvalue weighted by atomic mass is 35.5. The third kappa shape index (κ3) is 3.11. The second-order valence-corrected chi connectivity index (χ2v) is 7.27. The first-order chi connectivity index (χ1) is 8.82. The van der Waals surface area contributed by atoms with Crippen LogP contribution in [0.25, 0.3) is 10.6 Å². The van der Waals surface area contributed by atoms with Crippen molar-refractivity contribution in [3.63, 3.8) is 0 Å². The summed E-state index contributed by atoms with van der Waals surface area (Å²) in [5, 5.41) is 2.03. The van der Waals surface area contributed by atoms with Crippen molar-refractivity contribution < 1.29 is 0 Å². The second-order valence-electron chi connectivity index (χ2n) is 5.37. The standard InChI is InChI=1S/C14H16Cl2N2S/c1-14(2,3)12-11(7-17)19-13(18-12)8-4-5-9(15)10(16)6-8/h4-6H,7,17H2,1-3H3. The maximum Gasteiger partial charge on any atom is 0.123 e. The van der Waals surface area contributed by atoms with E-state index in [0.717, 1.165) is 21.1 Å². The molecule has 1 aromatic carbocycles. The fourth-order valence-corrected chi connectivity index (χ4v) is 3.27. The number of nitrogens with zero attached hydrogens (tertiary/aromatic N) is 1. The van der Waals surface area contributed by atoms with Crippen molar-refractivity contribution in [1.29, 1.82) is 0 Å². The molecule has 2 N–H and O–H groups in total. The summed E-state index contributed by atoms with van der Waals surface area (Å²) < 4.78 is 0. The number of nitrogens with two attached hydrogens (primary N) is 1. The van der Waals surface area contributed by atoms with Crippen LogP contribution in [0.3, 0.4) is 0 Å². The van der Waals surface area contributed by atoms with E-state index >= 15 is 0 Å². The van der Waals surface area contributed by atoms with E-state index < -0.39 is 0 Å². The number of thiazole rings is 1. The molecular formula is C14H16Cl2N2S. The number of halogens is 2. The van der Waals surface area contributed by atoms with E-state index in [9.17, 15) is 0 Å². The SMILES string of the molecule is CC(C)(C)c1nc(-c2ccc(Cl)c(Cl)c2)sc1CN. The molecule has 2 nitrogen and oxygen atoms in total. The van der Waals surface area contributed by atoms with Gasteiger partial charge >= 0.3 is 0 Å². The van der Waals surface area contributed by atoms with E-state index in [-0.39, 0.29) is 5.41 Å². The molecule has 0 amide bonds. The Hall–Kier alpha value is -0.610. The van der Waals surface area contributed by atoms with E-state index in [4.69, 9.17) is 33.9 Å². The van der Waals surface area contributed by atoms with E-state index in [1.807, 2.05) is 12.1 Å². The molecular weight excluding hydrogens is 299 g/mol. The van der Waals surface area contributed by atoms with Gasteiger partial charge in [0.2, 0.25) is 0 Å². The van der Waals surface area contributed by atoms with Crippen LogP contribution in [-0.4, -0.2) is 4.98 Å². The average molecular weight is 315 g/mol. The summed E-state index contributed by atoms with van der Waals surface area (Å²) in [4.78, 5) is 5.85. The molecule has 0 spiro atoms. The first-order valence-electron chi connectivity index (χ1n) is 5.98. The molecule has 0 saturated carbocycles. The first kappa shape index (κ1) is 14.8. The van der Waals surface area contributed by atoms with Crippen LogP contribution in [0.4, 0.5) is 0 Å². The van der Waals surface area contributed by atoms with Gasteiger partial charge in [-0.15, -0.1) is 11.3 Å². The third-order valence-corrected chi connectivity index (χ3v) is 4.63. The lowest BCUT2D eigenvalue weighted by Crippen LogP contribution is -2.15. The van der Waals surface area contributed by atoms with Gasteiger partial charge in [0.25, 0.3) is 0 Å². The van der Waals surface area contributed by atoms with Crippen LogP contribution in [-0.2, 0) is 12.0 Å². The molecule has 5 heteroatoms. The lowest BCUT2D eigenvalue weighted by Gasteiger charge is -2.16. The van der Waals surface area contributed by atoms with Gasteiger partial charge < -0.3 is 5.73 Å². The number of benzene rings is 1. The molecule has 1 aromatic heterocycles. The molecule has 0 saturated heterocycles. The fourth-order valence-electron chi connectivity index (χ4n) is 1.83. The van der Waals surface area contributed by atoms with Gasteiger partial charge in [-0.3, -0.25) is 0 Å². The lowest BCUT2D eigenvalue weighted by atomic mass is 9.91. The van der Waals surface area contributed by atoms with Crippen molar-refractivity contribution in [3.8, 4) is 10.6 Å². The number of hydrogen-bond acceptors (Lipinski definition) is 3. The zero-order valence-electron chi connectivity index (χ0n) is 11.1. The van der Waals surface area contributed by atoms with Gasteiger partial charge in [0.05, 0.1) is 15.7 Å². The van der Waals surface area contributed by atoms with Gasteiger partial charge in [0.1, 0.15) is 5.01 Å². The van der Waals surface area contributed by atoms with Crippen molar-refractivity contribution in [1.82, 2.24) is 4.98 Å². The van der Waals surface area contributed by atoms with E-state index in [0.29, 0.717) is 16.6 Å². The largest absolute Gasteiger partial charge is 0.326 e. The van der Waals surface area contributed by atoms with Crippen molar-refractivity contribution in [2.24, 2.45) is 5.73 Å². The van der Waals surface area contributed by atoms with Gasteiger partial charge in [0.15, 0.2) is 0 Å². The summed E-state index contributed by atoms with van der Waals surface area (Å²) in [6.07, 6.45) is 0. The van der Waals surface area contributed by atoms with E-state index in [1.165, 1.54) is 0 Å². The van der Waals surface area contributed by atoms with Crippen molar-refractivity contribution in [2.75, 3.05) is 0 Å². The number of rotatable bonds is 2. The molecule has 0 unspecified atom stereocenters. The molecule has 0 aliphatic rings. The Kier molecular flexibility index (Phi) is 4.21. The highest BCUT2D eigenvalue weighted by molar-refractivity contribution is 7.15. The predicted molar refractivity (Wildman–Crippen MR) is 84.2 cm³/mol. The summed E-state index contributed by atoms with van der Waals surface area (Å²) in [7, 11) is 0. The molecule has 2 aromatic rings. The minimum atomic E-state index is -0.0142. The van der Waals surface area contributed by atoms with Crippen molar-refractivity contribution >= 4 is 34.5 Å². The molecule has 0 bridgehead atoms. The Morgan fingerprint density at radius 1 is 1.21 bits per heavy atom. The van der Waals surface area contributed by atoms with Crippen LogP contribution in [0.15, 0.2) is 18.2 Å². The Morgan fingerprint density at radius 2 is 1.89 bits per heavy atom. The molecule has 2 rings (SSSR count). The smallest absolute Gasteiger partial charge is 0.123 e. The van der Waals surface area contributed by atoms with Crippen LogP contribution >= 0.6 is 34.5 Å². The van der Waals surface area contributed by atoms with Gasteiger partial charge in [-0.2, -0.15) is 0 Å². The third-order valence-electron chi connectivity index (χ3n) is 2.76.